The maximum Gasteiger partial charge on any atom is 1.00 e. The Labute approximate surface area is 128 Å². The average molecular weight is 278 g/mol. The molecule has 0 aliphatic carbocycles. The van der Waals surface area contributed by atoms with Crippen LogP contribution in [-0.4, -0.2) is 24.0 Å². The first kappa shape index (κ1) is 17.1. The molecule has 0 saturated carbocycles. The molecular formula is C11H11NaO5S. The Morgan fingerprint density at radius 3 is 2.17 bits per heavy atom. The molecule has 0 unspecified atom stereocenters. The Morgan fingerprint density at radius 2 is 1.78 bits per heavy atom. The van der Waals surface area contributed by atoms with E-state index in [4.69, 9.17) is 9.66 Å². The Balaban J connectivity index is 0. The minimum atomic E-state index is -4.63. The van der Waals surface area contributed by atoms with E-state index in [1.165, 1.54) is 0 Å². The van der Waals surface area contributed by atoms with E-state index in [2.05, 4.69) is 6.58 Å². The number of carbonyl (C=O) groups is 1. The maximum absolute atomic E-state index is 11.0. The number of carboxylic acids is 1. The molecule has 0 bridgehead atoms. The smallest absolute Gasteiger partial charge is 1.00 e. The SMILES string of the molecule is C=C(C(=O)O)C(=Cc1ccccc1)S(=O)(=O)O.[H-].[Na+]. The molecule has 0 radical (unpaired) electrons. The summed E-state index contributed by atoms with van der Waals surface area (Å²) in [6.07, 6.45) is 1.05. The van der Waals surface area contributed by atoms with Crippen molar-refractivity contribution in [1.82, 2.24) is 0 Å². The Hall–Kier alpha value is -0.920. The van der Waals surface area contributed by atoms with Gasteiger partial charge in [-0.1, -0.05) is 36.9 Å². The summed E-state index contributed by atoms with van der Waals surface area (Å²) in [7, 11) is -4.63. The van der Waals surface area contributed by atoms with Gasteiger partial charge in [0.25, 0.3) is 10.1 Å². The van der Waals surface area contributed by atoms with Crippen LogP contribution in [0.25, 0.3) is 6.08 Å². The van der Waals surface area contributed by atoms with Gasteiger partial charge in [0, 0.05) is 0 Å². The second kappa shape index (κ2) is 6.86. The Kier molecular flexibility index (Phi) is 6.51. The van der Waals surface area contributed by atoms with Crippen molar-refractivity contribution < 1.29 is 53.9 Å². The van der Waals surface area contributed by atoms with E-state index in [9.17, 15) is 13.2 Å². The minimum Gasteiger partial charge on any atom is -1.00 e. The summed E-state index contributed by atoms with van der Waals surface area (Å²) in [5.74, 6) is -1.51. The van der Waals surface area contributed by atoms with Gasteiger partial charge in [0.05, 0.1) is 5.57 Å². The van der Waals surface area contributed by atoms with Crippen LogP contribution in [0, 0.1) is 0 Å². The van der Waals surface area contributed by atoms with Gasteiger partial charge in [0.2, 0.25) is 0 Å². The Morgan fingerprint density at radius 1 is 1.28 bits per heavy atom. The molecule has 0 heterocycles. The van der Waals surface area contributed by atoms with Crippen molar-refractivity contribution in [3.8, 4) is 0 Å². The first-order valence-corrected chi connectivity index (χ1v) is 5.93. The molecule has 0 amide bonds. The summed E-state index contributed by atoms with van der Waals surface area (Å²) < 4.78 is 31.0. The topological polar surface area (TPSA) is 91.7 Å². The van der Waals surface area contributed by atoms with Gasteiger partial charge >= 0.3 is 35.5 Å². The van der Waals surface area contributed by atoms with Crippen LogP contribution >= 0.6 is 0 Å². The summed E-state index contributed by atoms with van der Waals surface area (Å²) in [4.78, 5) is 9.94. The molecule has 0 atom stereocenters. The molecule has 18 heavy (non-hydrogen) atoms. The van der Waals surface area contributed by atoms with Crippen LogP contribution in [0.15, 0.2) is 47.4 Å². The van der Waals surface area contributed by atoms with E-state index < -0.39 is 26.6 Å². The molecule has 0 saturated heterocycles. The predicted octanol–water partition coefficient (Wildman–Crippen LogP) is -1.33. The second-order valence-corrected chi connectivity index (χ2v) is 4.57. The van der Waals surface area contributed by atoms with Crippen LogP contribution in [0.4, 0.5) is 0 Å². The molecule has 2 N–H and O–H groups in total. The fourth-order valence-electron chi connectivity index (χ4n) is 1.12. The summed E-state index contributed by atoms with van der Waals surface area (Å²) in [5.41, 5.74) is -0.237. The van der Waals surface area contributed by atoms with Crippen molar-refractivity contribution in [3.63, 3.8) is 0 Å². The van der Waals surface area contributed by atoms with Crippen molar-refractivity contribution in [1.29, 1.82) is 0 Å². The number of carboxylic acid groups (broad SMARTS) is 1. The molecule has 0 fully saturated rings. The van der Waals surface area contributed by atoms with E-state index in [1.807, 2.05) is 0 Å². The Bertz CT molecular complexity index is 580. The summed E-state index contributed by atoms with van der Waals surface area (Å²) in [6, 6.07) is 8.16. The monoisotopic (exact) mass is 278 g/mol. The van der Waals surface area contributed by atoms with Crippen molar-refractivity contribution in [3.05, 3.63) is 53.0 Å². The fraction of sp³-hybridized carbons (Fsp3) is 0. The molecule has 0 aromatic heterocycles. The van der Waals surface area contributed by atoms with Gasteiger partial charge in [0.1, 0.15) is 4.91 Å². The first-order valence-electron chi connectivity index (χ1n) is 4.49. The predicted molar refractivity (Wildman–Crippen MR) is 63.9 cm³/mol. The van der Waals surface area contributed by atoms with Crippen LogP contribution in [0.2, 0.25) is 0 Å². The van der Waals surface area contributed by atoms with E-state index in [0.29, 0.717) is 5.56 Å². The number of hydrogen-bond donors (Lipinski definition) is 2. The molecule has 1 aromatic carbocycles. The first-order chi connectivity index (χ1) is 7.82. The third-order valence-electron chi connectivity index (χ3n) is 1.93. The van der Waals surface area contributed by atoms with Gasteiger partial charge in [-0.25, -0.2) is 4.79 Å². The summed E-state index contributed by atoms with van der Waals surface area (Å²) in [5, 5.41) is 8.68. The fourth-order valence-corrected chi connectivity index (χ4v) is 1.81. The van der Waals surface area contributed by atoms with Gasteiger partial charge in [-0.2, -0.15) is 8.42 Å². The molecule has 7 heteroatoms. The number of aliphatic carboxylic acids is 1. The summed E-state index contributed by atoms with van der Waals surface area (Å²) >= 11 is 0. The largest absolute Gasteiger partial charge is 1.00 e. The van der Waals surface area contributed by atoms with E-state index in [1.54, 1.807) is 30.3 Å². The van der Waals surface area contributed by atoms with Crippen molar-refractivity contribution in [2.45, 2.75) is 0 Å². The quantitative estimate of drug-likeness (QED) is 0.308. The average Bonchev–Trinajstić information content (AvgIpc) is 2.24. The molecule has 1 aromatic rings. The normalized spacial score (nSPS) is 11.5. The van der Waals surface area contributed by atoms with Crippen LogP contribution in [-0.2, 0) is 14.9 Å². The van der Waals surface area contributed by atoms with E-state index >= 15 is 0 Å². The zero-order valence-electron chi connectivity index (χ0n) is 10.7. The number of hydrogen-bond acceptors (Lipinski definition) is 3. The van der Waals surface area contributed by atoms with Gasteiger partial charge in [-0.3, -0.25) is 4.55 Å². The molecule has 0 spiro atoms. The van der Waals surface area contributed by atoms with Crippen molar-refractivity contribution in [2.24, 2.45) is 0 Å². The zero-order chi connectivity index (χ0) is 13.1. The second-order valence-electron chi connectivity index (χ2n) is 3.18. The van der Waals surface area contributed by atoms with Gasteiger partial charge < -0.3 is 6.53 Å². The van der Waals surface area contributed by atoms with Gasteiger partial charge in [-0.05, 0) is 11.6 Å². The molecule has 0 aliphatic heterocycles. The van der Waals surface area contributed by atoms with Crippen LogP contribution in [0.3, 0.4) is 0 Å². The maximum atomic E-state index is 11.0. The standard InChI is InChI=1S/C11H10O5S.Na.H/c1-8(11(12)13)10(17(14,15)16)7-9-5-3-2-4-6-9;;/h2-7H,1H2,(H,12,13)(H,14,15,16);;/q;+1;-1. The van der Waals surface area contributed by atoms with E-state index in [0.717, 1.165) is 6.08 Å². The number of rotatable bonds is 4. The third kappa shape index (κ3) is 4.75. The van der Waals surface area contributed by atoms with Crippen molar-refractivity contribution >= 4 is 22.2 Å². The van der Waals surface area contributed by atoms with Crippen LogP contribution in [0.1, 0.15) is 6.99 Å². The molecule has 5 nitrogen and oxygen atoms in total. The molecule has 1 rings (SSSR count). The third-order valence-corrected chi connectivity index (χ3v) is 2.85. The number of benzene rings is 1. The van der Waals surface area contributed by atoms with E-state index in [-0.39, 0.29) is 31.0 Å². The molecular weight excluding hydrogens is 267 g/mol. The van der Waals surface area contributed by atoms with Crippen LogP contribution < -0.4 is 29.6 Å². The van der Waals surface area contributed by atoms with Gasteiger partial charge in [-0.15, -0.1) is 0 Å². The zero-order valence-corrected chi connectivity index (χ0v) is 12.5. The van der Waals surface area contributed by atoms with Gasteiger partial charge in [0.15, 0.2) is 0 Å². The minimum absolute atomic E-state index is 0. The molecule has 0 aliphatic rings. The van der Waals surface area contributed by atoms with Crippen molar-refractivity contribution in [2.75, 3.05) is 0 Å². The summed E-state index contributed by atoms with van der Waals surface area (Å²) in [6.45, 7) is 3.11. The van der Waals surface area contributed by atoms with Crippen LogP contribution in [0.5, 0.6) is 0 Å². The molecule has 92 valence electrons.